The minimum Gasteiger partial charge on any atom is -0.489 e. The van der Waals surface area contributed by atoms with Gasteiger partial charge in [0.1, 0.15) is 18.7 Å². The quantitative estimate of drug-likeness (QED) is 0.402. The molecule has 0 aliphatic carbocycles. The number of rotatable bonds is 7. The van der Waals surface area contributed by atoms with Gasteiger partial charge in [-0.1, -0.05) is 41.4 Å². The van der Waals surface area contributed by atoms with Gasteiger partial charge in [0.05, 0.1) is 11.4 Å². The van der Waals surface area contributed by atoms with Gasteiger partial charge in [-0.3, -0.25) is 10.1 Å². The molecule has 0 radical (unpaired) electrons. The summed E-state index contributed by atoms with van der Waals surface area (Å²) in [6, 6.07) is 15.4. The number of carbonyl (C=O) groups is 1. The van der Waals surface area contributed by atoms with Crippen LogP contribution in [0.3, 0.4) is 0 Å². The Labute approximate surface area is 189 Å². The van der Waals surface area contributed by atoms with Crippen LogP contribution in [-0.4, -0.2) is 20.7 Å². The van der Waals surface area contributed by atoms with Crippen LogP contribution in [-0.2, 0) is 13.2 Å². The molecule has 2 aromatic heterocycles. The Hall–Kier alpha value is -3.16. The molecule has 0 fully saturated rings. The van der Waals surface area contributed by atoms with E-state index in [2.05, 4.69) is 28.4 Å². The highest BCUT2D eigenvalue weighted by Crippen LogP contribution is 2.22. The maximum Gasteiger partial charge on any atom is 0.268 e. The summed E-state index contributed by atoms with van der Waals surface area (Å²) >= 11 is 7.27. The van der Waals surface area contributed by atoms with Gasteiger partial charge in [0.25, 0.3) is 5.91 Å². The molecule has 4 aromatic rings. The smallest absolute Gasteiger partial charge is 0.268 e. The molecule has 8 heteroatoms. The largest absolute Gasteiger partial charge is 0.489 e. The Kier molecular flexibility index (Phi) is 6.34. The summed E-state index contributed by atoms with van der Waals surface area (Å²) in [6.07, 6.45) is 1.59. The third kappa shape index (κ3) is 5.51. The summed E-state index contributed by atoms with van der Waals surface area (Å²) in [7, 11) is 0. The third-order valence-corrected chi connectivity index (χ3v) is 5.85. The van der Waals surface area contributed by atoms with Gasteiger partial charge in [0, 0.05) is 10.6 Å². The van der Waals surface area contributed by atoms with Crippen LogP contribution in [0.5, 0.6) is 5.75 Å². The molecule has 0 aliphatic rings. The monoisotopic (exact) mass is 452 g/mol. The second-order valence-corrected chi connectivity index (χ2v) is 8.57. The first-order valence-corrected chi connectivity index (χ1v) is 10.9. The summed E-state index contributed by atoms with van der Waals surface area (Å²) < 4.78 is 7.56. The van der Waals surface area contributed by atoms with Crippen molar-refractivity contribution in [2.45, 2.75) is 27.0 Å². The van der Waals surface area contributed by atoms with Crippen molar-refractivity contribution in [3.8, 4) is 5.75 Å². The van der Waals surface area contributed by atoms with Crippen molar-refractivity contribution in [1.29, 1.82) is 0 Å². The van der Waals surface area contributed by atoms with E-state index >= 15 is 0 Å². The first kappa shape index (κ1) is 21.1. The molecular formula is C23H21ClN4O2S. The van der Waals surface area contributed by atoms with Crippen LogP contribution in [0.25, 0.3) is 0 Å². The number of aromatic nitrogens is 3. The van der Waals surface area contributed by atoms with Crippen LogP contribution in [0.15, 0.2) is 60.2 Å². The number of carbonyl (C=O) groups excluding carboxylic acids is 1. The third-order valence-electron chi connectivity index (χ3n) is 4.62. The average molecular weight is 453 g/mol. The van der Waals surface area contributed by atoms with Crippen molar-refractivity contribution in [3.63, 3.8) is 0 Å². The van der Waals surface area contributed by atoms with Gasteiger partial charge in [-0.25, -0.2) is 9.67 Å². The number of hydrogen-bond acceptors (Lipinski definition) is 5. The first-order valence-electron chi connectivity index (χ1n) is 9.69. The number of ether oxygens (including phenoxy) is 1. The molecule has 0 saturated carbocycles. The van der Waals surface area contributed by atoms with Crippen molar-refractivity contribution in [2.75, 3.05) is 5.32 Å². The standard InChI is InChI=1S/C23H21ClN4O2S/c1-15-3-8-20(16(2)9-15)30-12-18-10-21(31-13-18)22(29)26-23-25-14-28(27-23)11-17-4-6-19(24)7-5-17/h3-10,13-14H,11-12H2,1-2H3,(H,26,27,29). The number of anilines is 1. The van der Waals surface area contributed by atoms with Crippen LogP contribution >= 0.6 is 22.9 Å². The van der Waals surface area contributed by atoms with Crippen LogP contribution in [0.4, 0.5) is 5.95 Å². The maximum atomic E-state index is 12.6. The number of thiophene rings is 1. The minimum atomic E-state index is -0.244. The Morgan fingerprint density at radius 2 is 1.94 bits per heavy atom. The van der Waals surface area contributed by atoms with Gasteiger partial charge in [-0.15, -0.1) is 16.4 Å². The van der Waals surface area contributed by atoms with Gasteiger partial charge < -0.3 is 4.74 Å². The highest BCUT2D eigenvalue weighted by Gasteiger charge is 2.13. The molecule has 0 bridgehead atoms. The predicted molar refractivity (Wildman–Crippen MR) is 123 cm³/mol. The number of nitrogens with zero attached hydrogens (tertiary/aromatic N) is 3. The number of amides is 1. The summed E-state index contributed by atoms with van der Waals surface area (Å²) in [6.45, 7) is 5.02. The fraction of sp³-hybridized carbons (Fsp3) is 0.174. The van der Waals surface area contributed by atoms with Gasteiger partial charge in [0.2, 0.25) is 5.95 Å². The number of hydrogen-bond donors (Lipinski definition) is 1. The Morgan fingerprint density at radius 1 is 1.13 bits per heavy atom. The molecule has 0 aliphatic heterocycles. The highest BCUT2D eigenvalue weighted by molar-refractivity contribution is 7.12. The lowest BCUT2D eigenvalue weighted by Crippen LogP contribution is -2.12. The van der Waals surface area contributed by atoms with Crippen LogP contribution in [0, 0.1) is 13.8 Å². The molecule has 4 rings (SSSR count). The van der Waals surface area contributed by atoms with Crippen molar-refractivity contribution < 1.29 is 9.53 Å². The van der Waals surface area contributed by atoms with Crippen LogP contribution in [0.1, 0.15) is 31.9 Å². The fourth-order valence-electron chi connectivity index (χ4n) is 3.06. The summed E-state index contributed by atoms with van der Waals surface area (Å²) in [5.74, 6) is 0.866. The molecule has 158 valence electrons. The van der Waals surface area contributed by atoms with Crippen molar-refractivity contribution in [2.24, 2.45) is 0 Å². The van der Waals surface area contributed by atoms with Crippen molar-refractivity contribution in [1.82, 2.24) is 14.8 Å². The summed E-state index contributed by atoms with van der Waals surface area (Å²) in [4.78, 5) is 17.3. The molecule has 1 amide bonds. The number of nitrogens with one attached hydrogen (secondary N) is 1. The van der Waals surface area contributed by atoms with E-state index in [0.29, 0.717) is 23.1 Å². The lowest BCUT2D eigenvalue weighted by atomic mass is 10.1. The Morgan fingerprint density at radius 3 is 2.71 bits per heavy atom. The number of benzene rings is 2. The molecule has 2 heterocycles. The van der Waals surface area contributed by atoms with E-state index in [1.54, 1.807) is 11.0 Å². The molecule has 6 nitrogen and oxygen atoms in total. The Balaban J connectivity index is 1.33. The predicted octanol–water partition coefficient (Wildman–Crippen LogP) is 5.49. The summed E-state index contributed by atoms with van der Waals surface area (Å²) in [5.41, 5.74) is 4.27. The topological polar surface area (TPSA) is 69.0 Å². The molecule has 1 N–H and O–H groups in total. The normalized spacial score (nSPS) is 10.8. The zero-order chi connectivity index (χ0) is 21.8. The van der Waals surface area contributed by atoms with Gasteiger partial charge in [-0.05, 0) is 54.6 Å². The Bertz CT molecular complexity index is 1200. The van der Waals surface area contributed by atoms with Crippen molar-refractivity contribution in [3.05, 3.63) is 92.4 Å². The van der Waals surface area contributed by atoms with E-state index in [1.807, 2.05) is 54.8 Å². The summed E-state index contributed by atoms with van der Waals surface area (Å²) in [5, 5.41) is 9.66. The lowest BCUT2D eigenvalue weighted by molar-refractivity contribution is 0.102. The molecular weight excluding hydrogens is 432 g/mol. The van der Waals surface area contributed by atoms with E-state index in [-0.39, 0.29) is 11.9 Å². The average Bonchev–Trinajstić information content (AvgIpc) is 3.39. The van der Waals surface area contributed by atoms with E-state index < -0.39 is 0 Å². The zero-order valence-corrected chi connectivity index (χ0v) is 18.7. The van der Waals surface area contributed by atoms with E-state index in [1.165, 1.54) is 16.9 Å². The van der Waals surface area contributed by atoms with Gasteiger partial charge in [0.15, 0.2) is 0 Å². The van der Waals surface area contributed by atoms with E-state index in [4.69, 9.17) is 16.3 Å². The van der Waals surface area contributed by atoms with Crippen molar-refractivity contribution >= 4 is 34.8 Å². The van der Waals surface area contributed by atoms with E-state index in [9.17, 15) is 4.79 Å². The number of aryl methyl sites for hydroxylation is 2. The molecule has 0 unspecified atom stereocenters. The lowest BCUT2D eigenvalue weighted by Gasteiger charge is -2.08. The molecule has 0 spiro atoms. The second kappa shape index (κ2) is 9.32. The maximum absolute atomic E-state index is 12.6. The SMILES string of the molecule is Cc1ccc(OCc2csc(C(=O)Nc3ncn(Cc4ccc(Cl)cc4)n3)c2)c(C)c1. The zero-order valence-electron chi connectivity index (χ0n) is 17.1. The molecule has 0 saturated heterocycles. The van der Waals surface area contributed by atoms with Gasteiger partial charge in [-0.2, -0.15) is 0 Å². The molecule has 31 heavy (non-hydrogen) atoms. The fourth-order valence-corrected chi connectivity index (χ4v) is 3.98. The highest BCUT2D eigenvalue weighted by atomic mass is 35.5. The second-order valence-electron chi connectivity index (χ2n) is 7.22. The van der Waals surface area contributed by atoms with Crippen LogP contribution < -0.4 is 10.1 Å². The molecule has 2 aromatic carbocycles. The molecule has 0 atom stereocenters. The van der Waals surface area contributed by atoms with E-state index in [0.717, 1.165) is 22.4 Å². The number of halogens is 1. The van der Waals surface area contributed by atoms with Crippen LogP contribution in [0.2, 0.25) is 5.02 Å². The van der Waals surface area contributed by atoms with Gasteiger partial charge >= 0.3 is 0 Å². The minimum absolute atomic E-state index is 0.244. The first-order chi connectivity index (χ1) is 15.0.